The molecule has 0 bridgehead atoms. The van der Waals surface area contributed by atoms with Crippen LogP contribution >= 0.6 is 0 Å². The van der Waals surface area contributed by atoms with Gasteiger partial charge in [0.25, 0.3) is 0 Å². The number of carbonyl (C=O) groups is 1. The Labute approximate surface area is 148 Å². The van der Waals surface area contributed by atoms with Crippen LogP contribution in [0.25, 0.3) is 0 Å². The van der Waals surface area contributed by atoms with Crippen LogP contribution in [-0.2, 0) is 19.0 Å². The molecule has 0 aromatic rings. The van der Waals surface area contributed by atoms with Gasteiger partial charge in [-0.3, -0.25) is 4.79 Å². The highest BCUT2D eigenvalue weighted by molar-refractivity contribution is 5.77. The number of rotatable bonds is 5. The molecular formula is C14H25NO11. The molecule has 2 saturated heterocycles. The van der Waals surface area contributed by atoms with E-state index in [4.69, 9.17) is 19.3 Å². The van der Waals surface area contributed by atoms with Gasteiger partial charge < -0.3 is 55.3 Å². The summed E-state index contributed by atoms with van der Waals surface area (Å²) >= 11 is 0. The molecule has 0 aliphatic carbocycles. The second kappa shape index (κ2) is 8.84. The second-order valence-corrected chi connectivity index (χ2v) is 6.31. The predicted octanol–water partition coefficient (Wildman–Crippen LogP) is -5.25. The SMILES string of the molecule is C[C@@H]1O[C@@H](OC[C@H]2O[C@@H](O)[C@H](NC(=O)CO)[C@@H](O)[C@@H]2O)[C@@H](O)[C@H](O)[C@@H]1O. The van der Waals surface area contributed by atoms with Crippen LogP contribution in [0.15, 0.2) is 0 Å². The normalized spacial score (nSPS) is 46.8. The molecule has 0 unspecified atom stereocenters. The Hall–Kier alpha value is -0.930. The van der Waals surface area contributed by atoms with Crippen LogP contribution in [0.1, 0.15) is 6.92 Å². The zero-order valence-corrected chi connectivity index (χ0v) is 14.0. The monoisotopic (exact) mass is 383 g/mol. The van der Waals surface area contributed by atoms with Crippen molar-refractivity contribution in [2.45, 2.75) is 68.3 Å². The molecule has 0 radical (unpaired) electrons. The van der Waals surface area contributed by atoms with Crippen molar-refractivity contribution >= 4 is 5.91 Å². The minimum atomic E-state index is -1.69. The second-order valence-electron chi connectivity index (χ2n) is 6.31. The van der Waals surface area contributed by atoms with Crippen LogP contribution in [-0.4, -0.2) is 116 Å². The van der Waals surface area contributed by atoms with Crippen LogP contribution in [0, 0.1) is 0 Å². The maximum atomic E-state index is 11.2. The average Bonchev–Trinajstić information content (AvgIpc) is 2.62. The molecule has 0 aromatic heterocycles. The highest BCUT2D eigenvalue weighted by atomic mass is 16.7. The summed E-state index contributed by atoms with van der Waals surface area (Å²) in [4.78, 5) is 11.2. The first-order valence-corrected chi connectivity index (χ1v) is 8.08. The van der Waals surface area contributed by atoms with Gasteiger partial charge in [0, 0.05) is 0 Å². The summed E-state index contributed by atoms with van der Waals surface area (Å²) in [5, 5.41) is 70.0. The molecule has 2 rings (SSSR count). The lowest BCUT2D eigenvalue weighted by molar-refractivity contribution is -0.313. The van der Waals surface area contributed by atoms with Crippen LogP contribution in [0.2, 0.25) is 0 Å². The van der Waals surface area contributed by atoms with Crippen molar-refractivity contribution in [1.29, 1.82) is 0 Å². The van der Waals surface area contributed by atoms with E-state index in [-0.39, 0.29) is 0 Å². The number of aliphatic hydroxyl groups excluding tert-OH is 7. The number of aliphatic hydroxyl groups is 7. The molecule has 2 heterocycles. The highest BCUT2D eigenvalue weighted by Gasteiger charge is 2.46. The molecular weight excluding hydrogens is 358 g/mol. The topological polar surface area (TPSA) is 198 Å². The fourth-order valence-electron chi connectivity index (χ4n) is 2.81. The number of hydrogen-bond acceptors (Lipinski definition) is 11. The third-order valence-corrected chi connectivity index (χ3v) is 4.42. The Balaban J connectivity index is 1.93. The Bertz CT molecular complexity index is 480. The van der Waals surface area contributed by atoms with E-state index in [0.717, 1.165) is 0 Å². The van der Waals surface area contributed by atoms with Crippen molar-refractivity contribution in [1.82, 2.24) is 5.32 Å². The lowest BCUT2D eigenvalue weighted by atomic mass is 9.97. The largest absolute Gasteiger partial charge is 0.388 e. The smallest absolute Gasteiger partial charge is 0.246 e. The van der Waals surface area contributed by atoms with Gasteiger partial charge in [0.15, 0.2) is 12.6 Å². The molecule has 0 spiro atoms. The minimum absolute atomic E-state index is 0.437. The Morgan fingerprint density at radius 2 is 1.62 bits per heavy atom. The summed E-state index contributed by atoms with van der Waals surface area (Å²) in [5.74, 6) is -0.876. The molecule has 12 nitrogen and oxygen atoms in total. The third kappa shape index (κ3) is 4.48. The molecule has 26 heavy (non-hydrogen) atoms. The van der Waals surface area contributed by atoms with E-state index in [1.807, 2.05) is 0 Å². The van der Waals surface area contributed by atoms with Gasteiger partial charge in [-0.1, -0.05) is 0 Å². The summed E-state index contributed by atoms with van der Waals surface area (Å²) in [6.07, 6.45) is -12.7. The Kier molecular flexibility index (Phi) is 7.27. The van der Waals surface area contributed by atoms with Crippen molar-refractivity contribution in [2.24, 2.45) is 0 Å². The molecule has 1 amide bonds. The molecule has 152 valence electrons. The van der Waals surface area contributed by atoms with Crippen LogP contribution in [0.3, 0.4) is 0 Å². The zero-order chi connectivity index (χ0) is 19.6. The van der Waals surface area contributed by atoms with Gasteiger partial charge in [-0.15, -0.1) is 0 Å². The van der Waals surface area contributed by atoms with Gasteiger partial charge in [-0.05, 0) is 6.92 Å². The Morgan fingerprint density at radius 1 is 0.962 bits per heavy atom. The van der Waals surface area contributed by atoms with E-state index in [0.29, 0.717) is 0 Å². The van der Waals surface area contributed by atoms with Crippen molar-refractivity contribution in [2.75, 3.05) is 13.2 Å². The average molecular weight is 383 g/mol. The van der Waals surface area contributed by atoms with Gasteiger partial charge >= 0.3 is 0 Å². The predicted molar refractivity (Wildman–Crippen MR) is 80.2 cm³/mol. The summed E-state index contributed by atoms with van der Waals surface area (Å²) in [6.45, 7) is 0.152. The summed E-state index contributed by atoms with van der Waals surface area (Å²) < 4.78 is 15.6. The first-order valence-electron chi connectivity index (χ1n) is 8.08. The molecule has 0 saturated carbocycles. The van der Waals surface area contributed by atoms with Crippen molar-refractivity contribution in [3.8, 4) is 0 Å². The number of amides is 1. The summed E-state index contributed by atoms with van der Waals surface area (Å²) in [5.41, 5.74) is 0. The summed E-state index contributed by atoms with van der Waals surface area (Å²) in [7, 11) is 0. The minimum Gasteiger partial charge on any atom is -0.388 e. The number of ether oxygens (including phenoxy) is 3. The molecule has 2 aliphatic heterocycles. The lowest BCUT2D eigenvalue weighted by Gasteiger charge is -2.42. The van der Waals surface area contributed by atoms with Crippen molar-refractivity contribution < 1.29 is 54.8 Å². The van der Waals surface area contributed by atoms with Gasteiger partial charge in [-0.2, -0.15) is 0 Å². The summed E-state index contributed by atoms with van der Waals surface area (Å²) in [6, 6.07) is -1.37. The molecule has 10 atom stereocenters. The fraction of sp³-hybridized carbons (Fsp3) is 0.929. The molecule has 12 heteroatoms. The first kappa shape index (κ1) is 21.4. The number of hydrogen-bond donors (Lipinski definition) is 8. The number of carbonyl (C=O) groups excluding carboxylic acids is 1. The zero-order valence-electron chi connectivity index (χ0n) is 14.0. The van der Waals surface area contributed by atoms with E-state index < -0.39 is 80.5 Å². The maximum absolute atomic E-state index is 11.2. The maximum Gasteiger partial charge on any atom is 0.246 e. The van der Waals surface area contributed by atoms with E-state index in [9.17, 15) is 35.4 Å². The molecule has 8 N–H and O–H groups in total. The molecule has 2 aliphatic rings. The van der Waals surface area contributed by atoms with Crippen LogP contribution in [0.4, 0.5) is 0 Å². The number of nitrogens with one attached hydrogen (secondary N) is 1. The quantitative estimate of drug-likeness (QED) is 0.226. The Morgan fingerprint density at radius 3 is 2.23 bits per heavy atom. The highest BCUT2D eigenvalue weighted by Crippen LogP contribution is 2.24. The van der Waals surface area contributed by atoms with Crippen LogP contribution < -0.4 is 5.32 Å². The van der Waals surface area contributed by atoms with Gasteiger partial charge in [-0.25, -0.2) is 0 Å². The van der Waals surface area contributed by atoms with E-state index in [1.54, 1.807) is 0 Å². The fourth-order valence-corrected chi connectivity index (χ4v) is 2.81. The van der Waals surface area contributed by atoms with Crippen molar-refractivity contribution in [3.63, 3.8) is 0 Å². The standard InChI is InChI=1S/C14H25NO11/c1-4-8(18)11(21)12(22)14(25-4)24-3-5-9(19)10(20)7(13(23)26-5)15-6(17)2-16/h4-5,7-14,16,18-23H,2-3H2,1H3,(H,15,17)/t4-,5+,7+,8+,9+,10+,11+,12-,13+,14+/m0/s1. The van der Waals surface area contributed by atoms with E-state index >= 15 is 0 Å². The van der Waals surface area contributed by atoms with E-state index in [1.165, 1.54) is 6.92 Å². The first-order chi connectivity index (χ1) is 12.2. The molecule has 0 aromatic carbocycles. The van der Waals surface area contributed by atoms with Crippen LogP contribution in [0.5, 0.6) is 0 Å². The van der Waals surface area contributed by atoms with Gasteiger partial charge in [0.05, 0.1) is 12.7 Å². The van der Waals surface area contributed by atoms with Gasteiger partial charge in [0.1, 0.15) is 49.3 Å². The van der Waals surface area contributed by atoms with E-state index in [2.05, 4.69) is 5.32 Å². The lowest BCUT2D eigenvalue weighted by Crippen LogP contribution is -2.65. The molecule has 2 fully saturated rings. The van der Waals surface area contributed by atoms with Crippen molar-refractivity contribution in [3.05, 3.63) is 0 Å². The van der Waals surface area contributed by atoms with Gasteiger partial charge in [0.2, 0.25) is 5.91 Å². The third-order valence-electron chi connectivity index (χ3n) is 4.42.